The summed E-state index contributed by atoms with van der Waals surface area (Å²) < 4.78 is 1.60. The molecule has 4 rings (SSSR count). The monoisotopic (exact) mass is 268 g/mol. The van der Waals surface area contributed by atoms with Crippen molar-refractivity contribution in [3.63, 3.8) is 0 Å². The van der Waals surface area contributed by atoms with Crippen LogP contribution in [0.1, 0.15) is 0 Å². The molecule has 4 aromatic heterocycles. The predicted octanol–water partition coefficient (Wildman–Crippen LogP) is 2.30. The Labute approximate surface area is 111 Å². The highest BCUT2D eigenvalue weighted by Crippen LogP contribution is 2.24. The summed E-state index contributed by atoms with van der Waals surface area (Å²) in [4.78, 5) is 20.2. The Morgan fingerprint density at radius 2 is 2.21 bits per heavy atom. The van der Waals surface area contributed by atoms with Gasteiger partial charge in [-0.15, -0.1) is 11.3 Å². The Morgan fingerprint density at radius 3 is 3.05 bits per heavy atom. The van der Waals surface area contributed by atoms with Crippen LogP contribution in [0, 0.1) is 0 Å². The maximum atomic E-state index is 12.0. The number of fused-ring (bicyclic) bond motifs is 3. The van der Waals surface area contributed by atoms with Crippen LogP contribution in [0.4, 0.5) is 0 Å². The van der Waals surface area contributed by atoms with Gasteiger partial charge in [-0.05, 0) is 29.6 Å². The van der Waals surface area contributed by atoms with Crippen LogP contribution in [0.3, 0.4) is 0 Å². The molecule has 0 fully saturated rings. The number of H-pyrrole nitrogens is 1. The van der Waals surface area contributed by atoms with Crippen molar-refractivity contribution >= 4 is 28.0 Å². The number of aromatic amines is 1. The van der Waals surface area contributed by atoms with Crippen molar-refractivity contribution in [2.45, 2.75) is 0 Å². The Bertz CT molecular complexity index is 936. The molecule has 0 aliphatic rings. The number of pyridine rings is 1. The number of hydrogen-bond donors (Lipinski definition) is 1. The molecule has 0 atom stereocenters. The van der Waals surface area contributed by atoms with E-state index in [2.05, 4.69) is 15.1 Å². The normalized spacial score (nSPS) is 11.4. The van der Waals surface area contributed by atoms with E-state index in [4.69, 9.17) is 0 Å². The van der Waals surface area contributed by atoms with E-state index in [0.717, 1.165) is 10.6 Å². The van der Waals surface area contributed by atoms with Gasteiger partial charge in [-0.1, -0.05) is 6.07 Å². The first-order valence-electron chi connectivity index (χ1n) is 5.73. The standard InChI is InChI=1S/C13H8N4OS/c18-13-10-7-9(11-4-2-6-19-11)16-17(10)12-8(15-13)3-1-5-14-12/h1-7H,(H,15,18). The molecular formula is C13H8N4OS. The zero-order valence-corrected chi connectivity index (χ0v) is 10.5. The van der Waals surface area contributed by atoms with Crippen molar-refractivity contribution < 1.29 is 0 Å². The van der Waals surface area contributed by atoms with Gasteiger partial charge >= 0.3 is 0 Å². The zero-order chi connectivity index (χ0) is 12.8. The molecule has 0 unspecified atom stereocenters. The van der Waals surface area contributed by atoms with E-state index >= 15 is 0 Å². The molecule has 0 aromatic carbocycles. The molecule has 92 valence electrons. The molecule has 0 aliphatic carbocycles. The molecule has 4 aromatic rings. The molecule has 4 heterocycles. The van der Waals surface area contributed by atoms with E-state index < -0.39 is 0 Å². The molecule has 0 amide bonds. The third-order valence-electron chi connectivity index (χ3n) is 2.95. The SMILES string of the molecule is O=c1[nH]c2cccnc2n2nc(-c3cccs3)cc12. The molecule has 0 radical (unpaired) electrons. The van der Waals surface area contributed by atoms with Gasteiger partial charge in [-0.25, -0.2) is 9.50 Å². The molecule has 19 heavy (non-hydrogen) atoms. The first-order valence-corrected chi connectivity index (χ1v) is 6.61. The van der Waals surface area contributed by atoms with Crippen LogP contribution in [0.2, 0.25) is 0 Å². The average Bonchev–Trinajstić information content (AvgIpc) is 3.08. The number of nitrogens with zero attached hydrogens (tertiary/aromatic N) is 3. The topological polar surface area (TPSA) is 63.0 Å². The third kappa shape index (κ3) is 1.50. The fourth-order valence-electron chi connectivity index (χ4n) is 2.10. The van der Waals surface area contributed by atoms with Crippen LogP contribution >= 0.6 is 11.3 Å². The quantitative estimate of drug-likeness (QED) is 0.576. The van der Waals surface area contributed by atoms with Crippen LogP contribution in [-0.4, -0.2) is 19.6 Å². The van der Waals surface area contributed by atoms with Gasteiger partial charge < -0.3 is 4.98 Å². The lowest BCUT2D eigenvalue weighted by Gasteiger charge is -1.98. The van der Waals surface area contributed by atoms with Gasteiger partial charge in [0, 0.05) is 6.20 Å². The van der Waals surface area contributed by atoms with Gasteiger partial charge in [0.2, 0.25) is 0 Å². The molecule has 5 nitrogen and oxygen atoms in total. The highest BCUT2D eigenvalue weighted by Gasteiger charge is 2.11. The maximum Gasteiger partial charge on any atom is 0.274 e. The van der Waals surface area contributed by atoms with E-state index in [9.17, 15) is 4.79 Å². The summed E-state index contributed by atoms with van der Waals surface area (Å²) in [5, 5.41) is 6.47. The second-order valence-corrected chi connectivity index (χ2v) is 5.08. The van der Waals surface area contributed by atoms with Crippen LogP contribution in [0.25, 0.3) is 27.3 Å². The smallest absolute Gasteiger partial charge is 0.274 e. The van der Waals surface area contributed by atoms with E-state index in [1.807, 2.05) is 23.6 Å². The highest BCUT2D eigenvalue weighted by molar-refractivity contribution is 7.13. The van der Waals surface area contributed by atoms with Crippen molar-refractivity contribution in [3.05, 3.63) is 52.3 Å². The van der Waals surface area contributed by atoms with Crippen molar-refractivity contribution in [2.24, 2.45) is 0 Å². The average molecular weight is 268 g/mol. The summed E-state index contributed by atoms with van der Waals surface area (Å²) in [6.45, 7) is 0. The Kier molecular flexibility index (Phi) is 2.07. The van der Waals surface area contributed by atoms with Gasteiger partial charge in [-0.2, -0.15) is 5.10 Å². The summed E-state index contributed by atoms with van der Waals surface area (Å²) in [6, 6.07) is 9.34. The van der Waals surface area contributed by atoms with Gasteiger partial charge in [0.05, 0.1) is 10.4 Å². The molecule has 0 spiro atoms. The molecule has 0 saturated heterocycles. The number of aromatic nitrogens is 4. The number of hydrogen-bond acceptors (Lipinski definition) is 4. The summed E-state index contributed by atoms with van der Waals surface area (Å²) in [5.41, 5.74) is 2.48. The molecule has 0 saturated carbocycles. The van der Waals surface area contributed by atoms with Crippen LogP contribution in [0.15, 0.2) is 46.7 Å². The Hall–Kier alpha value is -2.47. The van der Waals surface area contributed by atoms with E-state index in [-0.39, 0.29) is 5.56 Å². The number of rotatable bonds is 1. The first kappa shape index (κ1) is 10.5. The van der Waals surface area contributed by atoms with Crippen molar-refractivity contribution in [1.29, 1.82) is 0 Å². The van der Waals surface area contributed by atoms with Gasteiger partial charge in [0.15, 0.2) is 5.65 Å². The molecule has 0 aliphatic heterocycles. The summed E-state index contributed by atoms with van der Waals surface area (Å²) >= 11 is 1.59. The van der Waals surface area contributed by atoms with Gasteiger partial charge in [0.1, 0.15) is 11.2 Å². The third-order valence-corrected chi connectivity index (χ3v) is 3.84. The van der Waals surface area contributed by atoms with Crippen molar-refractivity contribution in [2.75, 3.05) is 0 Å². The number of nitrogens with one attached hydrogen (secondary N) is 1. The fraction of sp³-hybridized carbons (Fsp3) is 0. The van der Waals surface area contributed by atoms with Crippen molar-refractivity contribution in [3.8, 4) is 10.6 Å². The largest absolute Gasteiger partial charge is 0.317 e. The maximum absolute atomic E-state index is 12.0. The summed E-state index contributed by atoms with van der Waals surface area (Å²) in [7, 11) is 0. The second kappa shape index (κ2) is 3.76. The molecule has 6 heteroatoms. The Morgan fingerprint density at radius 1 is 1.26 bits per heavy atom. The minimum absolute atomic E-state index is 0.157. The lowest BCUT2D eigenvalue weighted by atomic mass is 10.3. The first-order chi connectivity index (χ1) is 9.33. The summed E-state index contributed by atoms with van der Waals surface area (Å²) in [5.74, 6) is 0. The molecule has 1 N–H and O–H groups in total. The highest BCUT2D eigenvalue weighted by atomic mass is 32.1. The lowest BCUT2D eigenvalue weighted by Crippen LogP contribution is -2.10. The minimum atomic E-state index is -0.157. The van der Waals surface area contributed by atoms with E-state index in [0.29, 0.717) is 16.7 Å². The van der Waals surface area contributed by atoms with Gasteiger partial charge in [0.25, 0.3) is 5.56 Å². The van der Waals surface area contributed by atoms with Crippen LogP contribution in [-0.2, 0) is 0 Å². The molecular weight excluding hydrogens is 260 g/mol. The van der Waals surface area contributed by atoms with Crippen LogP contribution in [0.5, 0.6) is 0 Å². The summed E-state index contributed by atoms with van der Waals surface area (Å²) in [6.07, 6.45) is 1.69. The van der Waals surface area contributed by atoms with Crippen LogP contribution < -0.4 is 5.56 Å². The van der Waals surface area contributed by atoms with Crippen molar-refractivity contribution in [1.82, 2.24) is 19.6 Å². The van der Waals surface area contributed by atoms with E-state index in [1.54, 1.807) is 34.2 Å². The number of thiophene rings is 1. The zero-order valence-electron chi connectivity index (χ0n) is 9.70. The fourth-order valence-corrected chi connectivity index (χ4v) is 2.78. The minimum Gasteiger partial charge on any atom is -0.317 e. The lowest BCUT2D eigenvalue weighted by molar-refractivity contribution is 0.970. The van der Waals surface area contributed by atoms with E-state index in [1.165, 1.54) is 0 Å². The Balaban J connectivity index is 2.16. The predicted molar refractivity (Wildman–Crippen MR) is 74.4 cm³/mol. The van der Waals surface area contributed by atoms with Gasteiger partial charge in [-0.3, -0.25) is 4.79 Å². The second-order valence-electron chi connectivity index (χ2n) is 4.13. The molecule has 0 bridgehead atoms.